The summed E-state index contributed by atoms with van der Waals surface area (Å²) in [6, 6.07) is 24.9. The zero-order chi connectivity index (χ0) is 34.1. The van der Waals surface area contributed by atoms with Gasteiger partial charge in [-0.15, -0.1) is 0 Å². The Morgan fingerprint density at radius 1 is 0.851 bits per heavy atom. The van der Waals surface area contributed by atoms with Crippen LogP contribution in [0.1, 0.15) is 37.3 Å². The highest BCUT2D eigenvalue weighted by Crippen LogP contribution is 2.35. The Morgan fingerprint density at radius 3 is 1.98 bits per heavy atom. The molecule has 248 valence electrons. The molecule has 1 heterocycles. The first kappa shape index (κ1) is 34.6. The van der Waals surface area contributed by atoms with Gasteiger partial charge in [-0.3, -0.25) is 14.4 Å². The van der Waals surface area contributed by atoms with Crippen molar-refractivity contribution >= 4 is 29.7 Å². The number of carboxylic acids is 3. The zero-order valence-corrected chi connectivity index (χ0v) is 25.8. The molecule has 0 unspecified atom stereocenters. The maximum Gasteiger partial charge on any atom is 0.375 e. The van der Waals surface area contributed by atoms with Crippen LogP contribution in [0.3, 0.4) is 0 Å². The van der Waals surface area contributed by atoms with Gasteiger partial charge in [-0.05, 0) is 62.1 Å². The van der Waals surface area contributed by atoms with Gasteiger partial charge in [-0.2, -0.15) is 0 Å². The van der Waals surface area contributed by atoms with Gasteiger partial charge in [0.05, 0.1) is 0 Å². The molecular formula is C34H36N2O11. The number of carbonyl (C=O) groups is 5. The number of nitrogens with one attached hydrogen (secondary N) is 1. The summed E-state index contributed by atoms with van der Waals surface area (Å²) in [4.78, 5) is 64.1. The standard InChI is InChI=1S/C34H36N2O11/c1-3-35-32(42)34(33(43)44)46-28(29(47-34)31(40)41)30(39)36(20-27(37)38)21(2)26(19-14-22-10-6-4-7-11-22)23-15-17-25(18-16-23)45-24-12-8-5-9-13-24/h4-13,15-18,21,26,28-29H,3,14,19-20H2,1-2H3,(H,35,42)(H,37,38)(H,40,41)(H,43,44)/t21-,26+,28+,29+,34-/m1/s1. The Balaban J connectivity index is 1.69. The second-order valence-electron chi connectivity index (χ2n) is 10.9. The number of hydrogen-bond donors (Lipinski definition) is 4. The van der Waals surface area contributed by atoms with E-state index >= 15 is 0 Å². The molecule has 13 nitrogen and oxygen atoms in total. The maximum absolute atomic E-state index is 14.0. The van der Waals surface area contributed by atoms with E-state index in [2.05, 4.69) is 5.32 Å². The van der Waals surface area contributed by atoms with E-state index in [0.717, 1.165) is 16.0 Å². The van der Waals surface area contributed by atoms with Crippen LogP contribution in [0.5, 0.6) is 11.5 Å². The van der Waals surface area contributed by atoms with E-state index in [1.54, 1.807) is 43.3 Å². The summed E-state index contributed by atoms with van der Waals surface area (Å²) < 4.78 is 16.4. The highest BCUT2D eigenvalue weighted by atomic mass is 16.8. The first-order valence-electron chi connectivity index (χ1n) is 15.0. The van der Waals surface area contributed by atoms with Gasteiger partial charge in [-0.25, -0.2) is 9.59 Å². The summed E-state index contributed by atoms with van der Waals surface area (Å²) in [5.41, 5.74) is 1.73. The number of para-hydroxylation sites is 1. The molecule has 3 aromatic rings. The molecular weight excluding hydrogens is 612 g/mol. The van der Waals surface area contributed by atoms with Gasteiger partial charge in [0.15, 0.2) is 12.2 Å². The van der Waals surface area contributed by atoms with Gasteiger partial charge < -0.3 is 39.7 Å². The molecule has 1 fully saturated rings. The molecule has 13 heteroatoms. The third-order valence-electron chi connectivity index (χ3n) is 7.80. The quantitative estimate of drug-likeness (QED) is 0.177. The molecule has 4 rings (SSSR count). The topological polar surface area (TPSA) is 189 Å². The number of aliphatic carboxylic acids is 3. The van der Waals surface area contributed by atoms with Crippen molar-refractivity contribution in [3.8, 4) is 11.5 Å². The molecule has 47 heavy (non-hydrogen) atoms. The molecule has 2 amide bonds. The van der Waals surface area contributed by atoms with E-state index in [0.29, 0.717) is 24.3 Å². The predicted molar refractivity (Wildman–Crippen MR) is 166 cm³/mol. The molecule has 0 saturated carbocycles. The largest absolute Gasteiger partial charge is 0.480 e. The number of aryl methyl sites for hydroxylation is 1. The number of hydrogen-bond acceptors (Lipinski definition) is 8. The number of rotatable bonds is 15. The SMILES string of the molecule is CCNC(=O)[C@]1(C(=O)O)O[C@H](C(=O)O)[C@@H](C(=O)N(CC(=O)O)[C@H](C)[C@H](CCc2ccccc2)c2ccc(Oc3ccccc3)cc2)O1. The normalized spacial score (nSPS) is 20.0. The second-order valence-corrected chi connectivity index (χ2v) is 10.9. The lowest BCUT2D eigenvalue weighted by Crippen LogP contribution is -2.55. The Hall–Kier alpha value is -5.27. The summed E-state index contributed by atoms with van der Waals surface area (Å²) >= 11 is 0. The van der Waals surface area contributed by atoms with E-state index < -0.39 is 66.2 Å². The molecule has 1 aliphatic heterocycles. The zero-order valence-electron chi connectivity index (χ0n) is 25.8. The van der Waals surface area contributed by atoms with Crippen LogP contribution >= 0.6 is 0 Å². The van der Waals surface area contributed by atoms with Crippen molar-refractivity contribution in [2.24, 2.45) is 0 Å². The number of ether oxygens (including phenoxy) is 3. The Labute approximate surface area is 270 Å². The number of nitrogens with zero attached hydrogens (tertiary/aromatic N) is 1. The summed E-state index contributed by atoms with van der Waals surface area (Å²) in [7, 11) is 0. The average molecular weight is 649 g/mol. The van der Waals surface area contributed by atoms with Gasteiger partial charge in [0.2, 0.25) is 0 Å². The fraction of sp³-hybridized carbons (Fsp3) is 0.324. The van der Waals surface area contributed by atoms with Gasteiger partial charge in [-0.1, -0.05) is 60.7 Å². The van der Waals surface area contributed by atoms with E-state index in [4.69, 9.17) is 14.2 Å². The van der Waals surface area contributed by atoms with E-state index in [1.165, 1.54) is 6.92 Å². The van der Waals surface area contributed by atoms with E-state index in [1.807, 2.05) is 48.5 Å². The Kier molecular flexibility index (Phi) is 11.3. The highest BCUT2D eigenvalue weighted by Gasteiger charge is 2.63. The van der Waals surface area contributed by atoms with Gasteiger partial charge in [0.1, 0.15) is 18.0 Å². The average Bonchev–Trinajstić information content (AvgIpc) is 3.48. The van der Waals surface area contributed by atoms with Crippen molar-refractivity contribution in [3.63, 3.8) is 0 Å². The van der Waals surface area contributed by atoms with Crippen molar-refractivity contribution in [3.05, 3.63) is 96.1 Å². The molecule has 0 bridgehead atoms. The lowest BCUT2D eigenvalue weighted by Gasteiger charge is -2.36. The number of carbonyl (C=O) groups excluding carboxylic acids is 2. The summed E-state index contributed by atoms with van der Waals surface area (Å²) in [6.07, 6.45) is -3.38. The Bertz CT molecular complexity index is 1570. The Morgan fingerprint density at radius 2 is 1.43 bits per heavy atom. The molecule has 1 saturated heterocycles. The summed E-state index contributed by atoms with van der Waals surface area (Å²) in [5, 5.41) is 31.8. The molecule has 0 radical (unpaired) electrons. The minimum atomic E-state index is -3.14. The van der Waals surface area contributed by atoms with Crippen LogP contribution in [0.2, 0.25) is 0 Å². The van der Waals surface area contributed by atoms with E-state index in [9.17, 15) is 39.3 Å². The first-order valence-corrected chi connectivity index (χ1v) is 15.0. The summed E-state index contributed by atoms with van der Waals surface area (Å²) in [5.74, 6) is -10.1. The van der Waals surface area contributed by atoms with Crippen LogP contribution in [0.15, 0.2) is 84.9 Å². The molecule has 0 aliphatic carbocycles. The van der Waals surface area contributed by atoms with Gasteiger partial charge in [0, 0.05) is 18.5 Å². The minimum Gasteiger partial charge on any atom is -0.480 e. The van der Waals surface area contributed by atoms with Crippen LogP contribution in [-0.2, 0) is 39.9 Å². The first-order chi connectivity index (χ1) is 22.5. The van der Waals surface area contributed by atoms with Crippen molar-refractivity contribution in [1.29, 1.82) is 0 Å². The molecule has 3 aromatic carbocycles. The van der Waals surface area contributed by atoms with Crippen LogP contribution < -0.4 is 10.1 Å². The monoisotopic (exact) mass is 648 g/mol. The van der Waals surface area contributed by atoms with E-state index in [-0.39, 0.29) is 6.54 Å². The van der Waals surface area contributed by atoms with Crippen LogP contribution in [0, 0.1) is 0 Å². The van der Waals surface area contributed by atoms with Crippen molar-refractivity contribution < 1.29 is 53.5 Å². The fourth-order valence-corrected chi connectivity index (χ4v) is 5.46. The third-order valence-corrected chi connectivity index (χ3v) is 7.80. The second kappa shape index (κ2) is 15.3. The van der Waals surface area contributed by atoms with Gasteiger partial charge >= 0.3 is 23.7 Å². The number of amides is 2. The molecule has 0 aromatic heterocycles. The number of carboxylic acid groups (broad SMARTS) is 3. The molecule has 4 N–H and O–H groups in total. The van der Waals surface area contributed by atoms with Crippen molar-refractivity contribution in [1.82, 2.24) is 10.2 Å². The lowest BCUT2D eigenvalue weighted by atomic mass is 9.85. The predicted octanol–water partition coefficient (Wildman–Crippen LogP) is 3.28. The van der Waals surface area contributed by atoms with Crippen molar-refractivity contribution in [2.45, 2.75) is 56.6 Å². The number of likely N-dealkylation sites (N-methyl/N-ethyl adjacent to an activating group) is 1. The minimum absolute atomic E-state index is 0.0443. The highest BCUT2D eigenvalue weighted by molar-refractivity contribution is 6.05. The number of benzene rings is 3. The van der Waals surface area contributed by atoms with Crippen LogP contribution in [0.25, 0.3) is 0 Å². The van der Waals surface area contributed by atoms with Crippen molar-refractivity contribution in [2.75, 3.05) is 13.1 Å². The third kappa shape index (κ3) is 8.12. The molecule has 0 spiro atoms. The van der Waals surface area contributed by atoms with Crippen LogP contribution in [0.4, 0.5) is 0 Å². The summed E-state index contributed by atoms with van der Waals surface area (Å²) in [6.45, 7) is 2.19. The van der Waals surface area contributed by atoms with Crippen LogP contribution in [-0.4, -0.2) is 87.1 Å². The van der Waals surface area contributed by atoms with Gasteiger partial charge in [0.25, 0.3) is 11.8 Å². The maximum atomic E-state index is 14.0. The lowest BCUT2D eigenvalue weighted by molar-refractivity contribution is -0.210. The molecule has 1 aliphatic rings. The smallest absolute Gasteiger partial charge is 0.375 e. The molecule has 5 atom stereocenters. The fourth-order valence-electron chi connectivity index (χ4n) is 5.46.